The summed E-state index contributed by atoms with van der Waals surface area (Å²) < 4.78 is 37.0. The van der Waals surface area contributed by atoms with Gasteiger partial charge < -0.3 is 5.32 Å². The fourth-order valence-electron chi connectivity index (χ4n) is 1.65. The van der Waals surface area contributed by atoms with Crippen molar-refractivity contribution in [3.63, 3.8) is 0 Å². The Morgan fingerprint density at radius 1 is 1.14 bits per heavy atom. The topological polar surface area (TPSA) is 63.2 Å². The highest BCUT2D eigenvalue weighted by atomic mass is 35.5. The molecule has 0 saturated heterocycles. The molecule has 4 nitrogen and oxygen atoms in total. The molecule has 7 heteroatoms. The fourth-order valence-corrected chi connectivity index (χ4v) is 2.99. The molecule has 0 atom stereocenters. The summed E-state index contributed by atoms with van der Waals surface area (Å²) in [6, 6.07) is 11.3. The molecule has 0 aromatic heterocycles. The van der Waals surface area contributed by atoms with E-state index in [-0.39, 0.29) is 15.6 Å². The molecule has 0 unspecified atom stereocenters. The van der Waals surface area contributed by atoms with E-state index >= 15 is 0 Å². The van der Waals surface area contributed by atoms with Gasteiger partial charge in [-0.1, -0.05) is 29.8 Å². The fraction of sp³-hybridized carbons (Fsp3) is 0.0714. The summed E-state index contributed by atoms with van der Waals surface area (Å²) in [6.07, 6.45) is 0. The van der Waals surface area contributed by atoms with Crippen LogP contribution in [0.1, 0.15) is 0 Å². The van der Waals surface area contributed by atoms with Gasteiger partial charge in [0.2, 0.25) is 5.91 Å². The number of benzene rings is 2. The third-order valence-electron chi connectivity index (χ3n) is 2.63. The van der Waals surface area contributed by atoms with Gasteiger partial charge in [0.15, 0.2) is 9.84 Å². The number of sulfone groups is 1. The number of anilines is 1. The first-order valence-corrected chi connectivity index (χ1v) is 7.94. The zero-order chi connectivity index (χ0) is 15.5. The van der Waals surface area contributed by atoms with Gasteiger partial charge in [-0.2, -0.15) is 0 Å². The monoisotopic (exact) mass is 327 g/mol. The van der Waals surface area contributed by atoms with Gasteiger partial charge in [0.05, 0.1) is 9.92 Å². The highest BCUT2D eigenvalue weighted by Gasteiger charge is 2.19. The zero-order valence-electron chi connectivity index (χ0n) is 10.7. The van der Waals surface area contributed by atoms with Gasteiger partial charge >= 0.3 is 0 Å². The number of carbonyl (C=O) groups is 1. The van der Waals surface area contributed by atoms with Crippen molar-refractivity contribution < 1.29 is 17.6 Å². The van der Waals surface area contributed by atoms with E-state index < -0.39 is 27.3 Å². The molecule has 1 N–H and O–H groups in total. The van der Waals surface area contributed by atoms with Gasteiger partial charge in [-0.05, 0) is 30.3 Å². The number of hydrogen-bond donors (Lipinski definition) is 1. The predicted octanol–water partition coefficient (Wildman–Crippen LogP) is 2.89. The van der Waals surface area contributed by atoms with Crippen LogP contribution < -0.4 is 5.32 Å². The van der Waals surface area contributed by atoms with Crippen LogP contribution in [0.15, 0.2) is 53.4 Å². The number of hydrogen-bond acceptors (Lipinski definition) is 3. The van der Waals surface area contributed by atoms with Crippen molar-refractivity contribution in [2.75, 3.05) is 11.1 Å². The molecular weight excluding hydrogens is 317 g/mol. The van der Waals surface area contributed by atoms with Crippen molar-refractivity contribution in [3.8, 4) is 0 Å². The molecule has 0 aliphatic rings. The van der Waals surface area contributed by atoms with E-state index in [4.69, 9.17) is 11.6 Å². The van der Waals surface area contributed by atoms with Crippen molar-refractivity contribution in [2.45, 2.75) is 4.90 Å². The van der Waals surface area contributed by atoms with E-state index in [0.717, 1.165) is 6.07 Å². The van der Waals surface area contributed by atoms with E-state index in [2.05, 4.69) is 5.32 Å². The second kappa shape index (κ2) is 6.24. The maximum Gasteiger partial charge on any atom is 0.239 e. The molecule has 0 spiro atoms. The molecule has 2 rings (SSSR count). The third kappa shape index (κ3) is 4.03. The minimum absolute atomic E-state index is 0.0669. The highest BCUT2D eigenvalue weighted by Crippen LogP contribution is 2.19. The number of carbonyl (C=O) groups excluding carboxylic acids is 1. The van der Waals surface area contributed by atoms with Gasteiger partial charge in [0.1, 0.15) is 11.6 Å². The zero-order valence-corrected chi connectivity index (χ0v) is 12.3. The maximum atomic E-state index is 13.0. The van der Waals surface area contributed by atoms with Gasteiger partial charge in [0.25, 0.3) is 0 Å². The van der Waals surface area contributed by atoms with Crippen LogP contribution >= 0.6 is 11.6 Å². The Labute approximate surface area is 126 Å². The molecule has 0 fully saturated rings. The average molecular weight is 328 g/mol. The van der Waals surface area contributed by atoms with Gasteiger partial charge in [-0.15, -0.1) is 0 Å². The van der Waals surface area contributed by atoms with Crippen LogP contribution in [0.25, 0.3) is 0 Å². The van der Waals surface area contributed by atoms with Crippen molar-refractivity contribution in [3.05, 3.63) is 59.4 Å². The van der Waals surface area contributed by atoms with Gasteiger partial charge in [0, 0.05) is 5.69 Å². The lowest BCUT2D eigenvalue weighted by Gasteiger charge is -2.07. The van der Waals surface area contributed by atoms with E-state index in [0.29, 0.717) is 0 Å². The van der Waals surface area contributed by atoms with Crippen LogP contribution in [-0.2, 0) is 14.6 Å². The number of nitrogens with one attached hydrogen (secondary N) is 1. The Balaban J connectivity index is 2.10. The van der Waals surface area contributed by atoms with E-state index in [1.165, 1.54) is 24.3 Å². The predicted molar refractivity (Wildman–Crippen MR) is 78.5 cm³/mol. The molecule has 1 amide bonds. The molecule has 0 aliphatic heterocycles. The van der Waals surface area contributed by atoms with Crippen molar-refractivity contribution >= 4 is 33.0 Å². The summed E-state index contributed by atoms with van der Waals surface area (Å²) in [5, 5.41) is 2.21. The summed E-state index contributed by atoms with van der Waals surface area (Å²) in [7, 11) is -3.72. The lowest BCUT2D eigenvalue weighted by Crippen LogP contribution is -2.23. The Morgan fingerprint density at radius 2 is 1.81 bits per heavy atom. The number of rotatable bonds is 4. The normalized spacial score (nSPS) is 11.1. The standard InChI is InChI=1S/C14H11ClFNO3S/c15-12-8-10(6-7-13(12)16)17-14(18)9-21(19,20)11-4-2-1-3-5-11/h1-8H,9H2,(H,17,18). The van der Waals surface area contributed by atoms with Crippen LogP contribution in [0.4, 0.5) is 10.1 Å². The van der Waals surface area contributed by atoms with Crippen LogP contribution in [0.3, 0.4) is 0 Å². The molecule has 21 heavy (non-hydrogen) atoms. The highest BCUT2D eigenvalue weighted by molar-refractivity contribution is 7.92. The molecule has 0 saturated carbocycles. The quantitative estimate of drug-likeness (QED) is 0.939. The molecular formula is C14H11ClFNO3S. The molecule has 0 heterocycles. The first-order chi connectivity index (χ1) is 9.88. The van der Waals surface area contributed by atoms with Crippen molar-refractivity contribution in [2.24, 2.45) is 0 Å². The van der Waals surface area contributed by atoms with Crippen LogP contribution in [0.5, 0.6) is 0 Å². The molecule has 0 radical (unpaired) electrons. The second-order valence-corrected chi connectivity index (χ2v) is 6.65. The smallest absolute Gasteiger partial charge is 0.239 e. The lowest BCUT2D eigenvalue weighted by molar-refractivity contribution is -0.113. The molecule has 2 aromatic carbocycles. The Morgan fingerprint density at radius 3 is 2.43 bits per heavy atom. The minimum atomic E-state index is -3.72. The second-order valence-electron chi connectivity index (χ2n) is 4.25. The summed E-state index contributed by atoms with van der Waals surface area (Å²) in [4.78, 5) is 11.8. The van der Waals surface area contributed by atoms with Gasteiger partial charge in [-0.25, -0.2) is 12.8 Å². The van der Waals surface area contributed by atoms with Crippen LogP contribution in [0.2, 0.25) is 5.02 Å². The van der Waals surface area contributed by atoms with Crippen LogP contribution in [-0.4, -0.2) is 20.1 Å². The van der Waals surface area contributed by atoms with Crippen LogP contribution in [0, 0.1) is 5.82 Å². The Hall–Kier alpha value is -1.92. The molecule has 0 aliphatic carbocycles. The number of halogens is 2. The SMILES string of the molecule is O=C(CS(=O)(=O)c1ccccc1)Nc1ccc(F)c(Cl)c1. The van der Waals surface area contributed by atoms with Gasteiger partial charge in [-0.3, -0.25) is 4.79 Å². The van der Waals surface area contributed by atoms with E-state index in [1.807, 2.05) is 0 Å². The van der Waals surface area contributed by atoms with E-state index in [1.54, 1.807) is 18.2 Å². The minimum Gasteiger partial charge on any atom is -0.325 e. The average Bonchev–Trinajstić information content (AvgIpc) is 2.43. The molecule has 0 bridgehead atoms. The summed E-state index contributed by atoms with van der Waals surface area (Å²) >= 11 is 5.58. The van der Waals surface area contributed by atoms with Crippen molar-refractivity contribution in [1.82, 2.24) is 0 Å². The Bertz CT molecular complexity index is 763. The summed E-state index contributed by atoms with van der Waals surface area (Å²) in [5.41, 5.74) is 0.231. The third-order valence-corrected chi connectivity index (χ3v) is 4.55. The Kier molecular flexibility index (Phi) is 4.59. The summed E-state index contributed by atoms with van der Waals surface area (Å²) in [6.45, 7) is 0. The summed E-state index contributed by atoms with van der Waals surface area (Å²) in [5.74, 6) is -2.04. The largest absolute Gasteiger partial charge is 0.325 e. The van der Waals surface area contributed by atoms with E-state index in [9.17, 15) is 17.6 Å². The lowest BCUT2D eigenvalue weighted by atomic mass is 10.3. The number of amides is 1. The molecule has 110 valence electrons. The first-order valence-electron chi connectivity index (χ1n) is 5.91. The molecule has 2 aromatic rings. The maximum absolute atomic E-state index is 13.0. The first kappa shape index (κ1) is 15.5. The van der Waals surface area contributed by atoms with Crippen molar-refractivity contribution in [1.29, 1.82) is 0 Å².